The summed E-state index contributed by atoms with van der Waals surface area (Å²) in [6, 6.07) is 0. The van der Waals surface area contributed by atoms with Crippen molar-refractivity contribution >= 4 is 0 Å². The van der Waals surface area contributed by atoms with E-state index in [1.54, 1.807) is 0 Å². The van der Waals surface area contributed by atoms with Crippen molar-refractivity contribution < 1.29 is 24.4 Å². The number of rotatable bonds is 2. The Morgan fingerprint density at radius 1 is 1.47 bits per heavy atom. The SMILES string of the molecule is O=c1cnc([C@@H]2O[C@H](CO)C(O)[C@@H]2O)c(F)[nH]1. The van der Waals surface area contributed by atoms with Crippen molar-refractivity contribution in [1.82, 2.24) is 9.97 Å². The molecule has 0 spiro atoms. The molecule has 1 aliphatic rings. The van der Waals surface area contributed by atoms with E-state index in [0.29, 0.717) is 0 Å². The molecule has 17 heavy (non-hydrogen) atoms. The van der Waals surface area contributed by atoms with Gasteiger partial charge in [0.05, 0.1) is 12.8 Å². The van der Waals surface area contributed by atoms with Crippen LogP contribution in [0, 0.1) is 5.95 Å². The quantitative estimate of drug-likeness (QED) is 0.482. The standard InChI is InChI=1S/C9H11FN2O5/c10-9-5(11-1-4(14)12-9)8-7(16)6(15)3(2-13)17-8/h1,3,6-8,13,15-16H,2H2,(H,12,14)/t3-,6?,7+,8+/m1/s1. The lowest BCUT2D eigenvalue weighted by Crippen LogP contribution is -2.32. The van der Waals surface area contributed by atoms with Crippen LogP contribution in [-0.4, -0.2) is 50.2 Å². The van der Waals surface area contributed by atoms with Crippen molar-refractivity contribution in [3.63, 3.8) is 0 Å². The number of ether oxygens (including phenoxy) is 1. The van der Waals surface area contributed by atoms with E-state index in [-0.39, 0.29) is 5.69 Å². The van der Waals surface area contributed by atoms with Crippen molar-refractivity contribution in [2.45, 2.75) is 24.4 Å². The van der Waals surface area contributed by atoms with Gasteiger partial charge in [-0.3, -0.25) is 9.78 Å². The molecule has 0 radical (unpaired) electrons. The monoisotopic (exact) mass is 246 g/mol. The fourth-order valence-corrected chi connectivity index (χ4v) is 1.71. The van der Waals surface area contributed by atoms with E-state index in [0.717, 1.165) is 6.20 Å². The zero-order valence-electron chi connectivity index (χ0n) is 8.58. The summed E-state index contributed by atoms with van der Waals surface area (Å²) >= 11 is 0. The van der Waals surface area contributed by atoms with Crippen LogP contribution < -0.4 is 5.56 Å². The molecule has 1 unspecified atom stereocenters. The van der Waals surface area contributed by atoms with E-state index in [4.69, 9.17) is 9.84 Å². The third kappa shape index (κ3) is 2.07. The number of aliphatic hydroxyl groups is 3. The second-order valence-electron chi connectivity index (χ2n) is 3.71. The van der Waals surface area contributed by atoms with Crippen LogP contribution in [0.4, 0.5) is 4.39 Å². The van der Waals surface area contributed by atoms with Gasteiger partial charge in [0.2, 0.25) is 5.95 Å². The van der Waals surface area contributed by atoms with Gasteiger partial charge in [0, 0.05) is 0 Å². The number of hydrogen-bond acceptors (Lipinski definition) is 6. The lowest BCUT2D eigenvalue weighted by Gasteiger charge is -2.13. The first-order chi connectivity index (χ1) is 8.04. The zero-order chi connectivity index (χ0) is 12.6. The van der Waals surface area contributed by atoms with Crippen molar-refractivity contribution in [3.05, 3.63) is 28.2 Å². The molecule has 0 saturated carbocycles. The number of nitrogens with zero attached hydrogens (tertiary/aromatic N) is 1. The molecule has 4 atom stereocenters. The number of aliphatic hydroxyl groups excluding tert-OH is 3. The van der Waals surface area contributed by atoms with Crippen molar-refractivity contribution in [3.8, 4) is 0 Å². The summed E-state index contributed by atoms with van der Waals surface area (Å²) in [5, 5.41) is 28.0. The van der Waals surface area contributed by atoms with E-state index >= 15 is 0 Å². The Morgan fingerprint density at radius 2 is 2.18 bits per heavy atom. The van der Waals surface area contributed by atoms with Crippen LogP contribution in [0.5, 0.6) is 0 Å². The average Bonchev–Trinajstić information content (AvgIpc) is 2.57. The van der Waals surface area contributed by atoms with Gasteiger partial charge in [0.25, 0.3) is 5.56 Å². The van der Waals surface area contributed by atoms with Gasteiger partial charge < -0.3 is 20.1 Å². The molecule has 2 rings (SSSR count). The van der Waals surface area contributed by atoms with E-state index < -0.39 is 42.5 Å². The van der Waals surface area contributed by atoms with Gasteiger partial charge in [-0.15, -0.1) is 0 Å². The molecule has 1 aliphatic heterocycles. The van der Waals surface area contributed by atoms with Crippen LogP contribution in [0.15, 0.2) is 11.0 Å². The first-order valence-electron chi connectivity index (χ1n) is 4.91. The number of halogens is 1. The van der Waals surface area contributed by atoms with Crippen LogP contribution in [0.3, 0.4) is 0 Å². The minimum absolute atomic E-state index is 0.313. The minimum atomic E-state index is -1.42. The van der Waals surface area contributed by atoms with Gasteiger partial charge in [-0.25, -0.2) is 4.98 Å². The van der Waals surface area contributed by atoms with Crippen LogP contribution in [0.1, 0.15) is 11.8 Å². The highest BCUT2D eigenvalue weighted by atomic mass is 19.1. The Bertz CT molecular complexity index is 465. The van der Waals surface area contributed by atoms with Crippen LogP contribution >= 0.6 is 0 Å². The third-order valence-corrected chi connectivity index (χ3v) is 2.59. The Kier molecular flexibility index (Phi) is 3.20. The molecule has 8 heteroatoms. The number of aromatic nitrogens is 2. The lowest BCUT2D eigenvalue weighted by molar-refractivity contribution is -0.0252. The van der Waals surface area contributed by atoms with Gasteiger partial charge in [0.1, 0.15) is 30.1 Å². The number of hydrogen-bond donors (Lipinski definition) is 4. The molecule has 0 amide bonds. The molecule has 94 valence electrons. The predicted molar refractivity (Wildman–Crippen MR) is 51.5 cm³/mol. The highest BCUT2D eigenvalue weighted by Gasteiger charge is 2.44. The summed E-state index contributed by atoms with van der Waals surface area (Å²) in [7, 11) is 0. The molecule has 1 aromatic heterocycles. The Morgan fingerprint density at radius 3 is 2.71 bits per heavy atom. The minimum Gasteiger partial charge on any atom is -0.394 e. The van der Waals surface area contributed by atoms with E-state index in [2.05, 4.69) is 4.98 Å². The summed E-state index contributed by atoms with van der Waals surface area (Å²) in [4.78, 5) is 16.2. The van der Waals surface area contributed by atoms with Gasteiger partial charge in [0.15, 0.2) is 0 Å². The Balaban J connectivity index is 2.32. The second kappa shape index (κ2) is 4.49. The molecule has 1 saturated heterocycles. The van der Waals surface area contributed by atoms with Gasteiger partial charge in [-0.2, -0.15) is 4.39 Å². The summed E-state index contributed by atoms with van der Waals surface area (Å²) < 4.78 is 18.4. The maximum Gasteiger partial charge on any atom is 0.268 e. The van der Waals surface area contributed by atoms with Gasteiger partial charge >= 0.3 is 0 Å². The second-order valence-corrected chi connectivity index (χ2v) is 3.71. The normalized spacial score (nSPS) is 32.9. The number of aromatic amines is 1. The maximum absolute atomic E-state index is 13.4. The molecule has 1 aromatic rings. The van der Waals surface area contributed by atoms with Gasteiger partial charge in [-0.05, 0) is 0 Å². The van der Waals surface area contributed by atoms with Crippen molar-refractivity contribution in [2.24, 2.45) is 0 Å². The molecule has 4 N–H and O–H groups in total. The first kappa shape index (κ1) is 12.1. The first-order valence-corrected chi connectivity index (χ1v) is 4.91. The van der Waals surface area contributed by atoms with E-state index in [1.165, 1.54) is 0 Å². The highest BCUT2D eigenvalue weighted by molar-refractivity contribution is 5.09. The largest absolute Gasteiger partial charge is 0.394 e. The zero-order valence-corrected chi connectivity index (χ0v) is 8.58. The summed E-state index contributed by atoms with van der Waals surface area (Å²) in [6.45, 7) is -0.514. The molecule has 2 heterocycles. The Labute approximate surface area is 94.5 Å². The molecule has 7 nitrogen and oxygen atoms in total. The fourth-order valence-electron chi connectivity index (χ4n) is 1.71. The number of nitrogens with one attached hydrogen (secondary N) is 1. The molecule has 0 bridgehead atoms. The topological polar surface area (TPSA) is 116 Å². The molecule has 0 aromatic carbocycles. The van der Waals surface area contributed by atoms with Crippen molar-refractivity contribution in [2.75, 3.05) is 6.61 Å². The maximum atomic E-state index is 13.4. The molecule has 0 aliphatic carbocycles. The van der Waals surface area contributed by atoms with Crippen molar-refractivity contribution in [1.29, 1.82) is 0 Å². The highest BCUT2D eigenvalue weighted by Crippen LogP contribution is 2.32. The van der Waals surface area contributed by atoms with Crippen LogP contribution in [0.25, 0.3) is 0 Å². The summed E-state index contributed by atoms with van der Waals surface area (Å²) in [5.41, 5.74) is -1.04. The fraction of sp³-hybridized carbons (Fsp3) is 0.556. The van der Waals surface area contributed by atoms with Crippen LogP contribution in [0.2, 0.25) is 0 Å². The van der Waals surface area contributed by atoms with E-state index in [1.807, 2.05) is 4.98 Å². The number of H-pyrrole nitrogens is 1. The van der Waals surface area contributed by atoms with E-state index in [9.17, 15) is 19.4 Å². The predicted octanol–water partition coefficient (Wildman–Crippen LogP) is -1.94. The van der Waals surface area contributed by atoms with Gasteiger partial charge in [-0.1, -0.05) is 0 Å². The summed E-state index contributed by atoms with van der Waals surface area (Å²) in [6.07, 6.45) is -4.15. The van der Waals surface area contributed by atoms with Crippen LogP contribution in [-0.2, 0) is 4.74 Å². The average molecular weight is 246 g/mol. The molecular weight excluding hydrogens is 235 g/mol. The smallest absolute Gasteiger partial charge is 0.268 e. The molecular formula is C9H11FN2O5. The Hall–Kier alpha value is -1.35. The third-order valence-electron chi connectivity index (χ3n) is 2.59. The summed E-state index contributed by atoms with van der Waals surface area (Å²) in [5.74, 6) is -1.03. The lowest BCUT2D eigenvalue weighted by atomic mass is 10.1. The molecule has 1 fully saturated rings.